The molecular weight excluding hydrogens is 446 g/mol. The second kappa shape index (κ2) is 10.2. The Hall–Kier alpha value is -2.88. The van der Waals surface area contributed by atoms with Crippen molar-refractivity contribution in [3.8, 4) is 5.75 Å². The molecule has 1 amide bonds. The van der Waals surface area contributed by atoms with E-state index < -0.39 is 0 Å². The number of fused-ring (bicyclic) bond motifs is 1. The molecule has 4 nitrogen and oxygen atoms in total. The number of rotatable bonds is 6. The van der Waals surface area contributed by atoms with Crippen LogP contribution in [0.5, 0.6) is 5.75 Å². The summed E-state index contributed by atoms with van der Waals surface area (Å²) in [7, 11) is 0. The van der Waals surface area contributed by atoms with Crippen molar-refractivity contribution in [1.29, 1.82) is 0 Å². The van der Waals surface area contributed by atoms with Crippen LogP contribution in [0.2, 0.25) is 0 Å². The summed E-state index contributed by atoms with van der Waals surface area (Å²) in [4.78, 5) is 27.4. The van der Waals surface area contributed by atoms with Gasteiger partial charge in [0.2, 0.25) is 0 Å². The van der Waals surface area contributed by atoms with Crippen molar-refractivity contribution in [3.63, 3.8) is 0 Å². The predicted octanol–water partition coefficient (Wildman–Crippen LogP) is 6.99. The monoisotopic (exact) mass is 487 g/mol. The Bertz CT molecular complexity index is 1150. The Balaban J connectivity index is 1.75. The molecular formula is C32H41NO3. The third kappa shape index (κ3) is 5.14. The molecule has 0 radical (unpaired) electrons. The molecule has 4 heteroatoms. The van der Waals surface area contributed by atoms with Gasteiger partial charge in [-0.1, -0.05) is 76.0 Å². The van der Waals surface area contributed by atoms with Crippen LogP contribution in [0.15, 0.2) is 64.9 Å². The van der Waals surface area contributed by atoms with E-state index in [4.69, 9.17) is 0 Å². The Labute approximate surface area is 216 Å². The van der Waals surface area contributed by atoms with Gasteiger partial charge in [-0.15, -0.1) is 0 Å². The summed E-state index contributed by atoms with van der Waals surface area (Å²) in [6.07, 6.45) is 12.6. The highest BCUT2D eigenvalue weighted by Gasteiger charge is 2.52. The quantitative estimate of drug-likeness (QED) is 0.336. The van der Waals surface area contributed by atoms with Crippen LogP contribution in [-0.4, -0.2) is 16.8 Å². The van der Waals surface area contributed by atoms with E-state index in [-0.39, 0.29) is 46.2 Å². The molecule has 0 saturated heterocycles. The highest BCUT2D eigenvalue weighted by Crippen LogP contribution is 2.56. The number of phenolic OH excluding ortho intramolecular Hbond substituents is 1. The Kier molecular flexibility index (Phi) is 7.45. The molecule has 1 aliphatic heterocycles. The van der Waals surface area contributed by atoms with Gasteiger partial charge in [0, 0.05) is 17.5 Å². The summed E-state index contributed by atoms with van der Waals surface area (Å²) >= 11 is 0. The summed E-state index contributed by atoms with van der Waals surface area (Å²) in [6.45, 7) is 13.4. The van der Waals surface area contributed by atoms with Crippen molar-refractivity contribution in [2.45, 2.75) is 67.2 Å². The van der Waals surface area contributed by atoms with Gasteiger partial charge >= 0.3 is 0 Å². The molecule has 1 fully saturated rings. The molecule has 2 N–H and O–H groups in total. The fourth-order valence-electron chi connectivity index (χ4n) is 6.97. The van der Waals surface area contributed by atoms with Crippen molar-refractivity contribution in [2.24, 2.45) is 35.0 Å². The first kappa shape index (κ1) is 26.2. The summed E-state index contributed by atoms with van der Waals surface area (Å²) in [5, 5.41) is 12.4. The van der Waals surface area contributed by atoms with Gasteiger partial charge in [0.15, 0.2) is 5.78 Å². The zero-order valence-electron chi connectivity index (χ0n) is 22.6. The number of amides is 1. The molecule has 192 valence electrons. The van der Waals surface area contributed by atoms with Crippen LogP contribution in [0.3, 0.4) is 0 Å². The van der Waals surface area contributed by atoms with Crippen LogP contribution in [0.1, 0.15) is 72.8 Å². The van der Waals surface area contributed by atoms with E-state index in [1.165, 1.54) is 11.1 Å². The first-order valence-corrected chi connectivity index (χ1v) is 13.5. The van der Waals surface area contributed by atoms with Crippen LogP contribution in [-0.2, 0) is 9.59 Å². The summed E-state index contributed by atoms with van der Waals surface area (Å²) in [5.41, 5.74) is 4.20. The number of aromatic hydroxyl groups is 1. The van der Waals surface area contributed by atoms with Crippen LogP contribution in [0.25, 0.3) is 6.08 Å². The van der Waals surface area contributed by atoms with Crippen molar-refractivity contribution < 1.29 is 14.7 Å². The van der Waals surface area contributed by atoms with Crippen molar-refractivity contribution >= 4 is 17.8 Å². The van der Waals surface area contributed by atoms with Gasteiger partial charge in [0.1, 0.15) is 5.75 Å². The second-order valence-electron chi connectivity index (χ2n) is 11.8. The van der Waals surface area contributed by atoms with E-state index in [1.54, 1.807) is 30.3 Å². The average Bonchev–Trinajstić information content (AvgIpc) is 3.18. The maximum absolute atomic E-state index is 14.3. The number of benzene rings is 1. The molecule has 0 aromatic heterocycles. The molecule has 0 unspecified atom stereocenters. The van der Waals surface area contributed by atoms with E-state index in [0.29, 0.717) is 17.5 Å². The summed E-state index contributed by atoms with van der Waals surface area (Å²) in [6, 6.07) is 6.78. The maximum atomic E-state index is 14.3. The lowest BCUT2D eigenvalue weighted by molar-refractivity contribution is -0.128. The largest absolute Gasteiger partial charge is 0.508 e. The summed E-state index contributed by atoms with van der Waals surface area (Å²) < 4.78 is 0. The fourth-order valence-corrected chi connectivity index (χ4v) is 6.97. The molecule has 1 aromatic carbocycles. The zero-order chi connectivity index (χ0) is 26.2. The van der Waals surface area contributed by atoms with Gasteiger partial charge in [-0.2, -0.15) is 0 Å². The molecule has 36 heavy (non-hydrogen) atoms. The molecule has 3 aliphatic rings. The van der Waals surface area contributed by atoms with Crippen LogP contribution in [0.4, 0.5) is 0 Å². The number of phenols is 1. The minimum absolute atomic E-state index is 0.0248. The molecule has 0 bridgehead atoms. The van der Waals surface area contributed by atoms with E-state index in [0.717, 1.165) is 31.2 Å². The average molecular weight is 488 g/mol. The zero-order valence-corrected chi connectivity index (χ0v) is 22.6. The fraction of sp³-hybridized carbons (Fsp3) is 0.500. The van der Waals surface area contributed by atoms with E-state index in [9.17, 15) is 14.7 Å². The standard InChI is InChI=1S/C32H41NO3/c1-7-19(2)14-21(4)28-22(5)18-32(6)17-20(3)8-13-27(32)29(28)30(35)26-16-24(33-31(26)36)15-23-9-11-25(34)12-10-23/h9-12,14-16,18-20,27-29,34H,7-8,13,17H2,1-6H3,(H,33,36)/b21-14+,24-15-/t19-,20+,27-,28+,29-,32-/m0/s1. The first-order valence-electron chi connectivity index (χ1n) is 13.5. The van der Waals surface area contributed by atoms with Gasteiger partial charge in [0.05, 0.1) is 5.57 Å². The highest BCUT2D eigenvalue weighted by atomic mass is 16.3. The number of ketones is 1. The van der Waals surface area contributed by atoms with Crippen molar-refractivity contribution in [1.82, 2.24) is 5.32 Å². The van der Waals surface area contributed by atoms with E-state index in [1.807, 2.05) is 6.08 Å². The number of Topliss-reactive ketones (excluding diaryl/α,β-unsaturated/α-hetero) is 1. The SMILES string of the molecule is CC[C@H](C)/C=C(\C)[C@@H]1C(C)=C[C@]2(C)C[C@H](C)CC[C@H]2[C@@H]1C(=O)C1=C/C(=C/c2ccc(O)cc2)NC1=O. The topological polar surface area (TPSA) is 66.4 Å². The van der Waals surface area contributed by atoms with Gasteiger partial charge in [0.25, 0.3) is 5.91 Å². The normalized spacial score (nSPS) is 32.4. The molecule has 0 spiro atoms. The minimum atomic E-state index is -0.314. The number of nitrogens with one attached hydrogen (secondary N) is 1. The van der Waals surface area contributed by atoms with Gasteiger partial charge in [-0.3, -0.25) is 9.59 Å². The lowest BCUT2D eigenvalue weighted by Gasteiger charge is -2.52. The lowest BCUT2D eigenvalue weighted by atomic mass is 9.52. The van der Waals surface area contributed by atoms with E-state index >= 15 is 0 Å². The van der Waals surface area contributed by atoms with E-state index in [2.05, 4.69) is 59.0 Å². The second-order valence-corrected chi connectivity index (χ2v) is 11.8. The predicted molar refractivity (Wildman–Crippen MR) is 146 cm³/mol. The molecule has 6 atom stereocenters. The number of allylic oxidation sites excluding steroid dienone is 5. The third-order valence-corrected chi connectivity index (χ3v) is 8.71. The van der Waals surface area contributed by atoms with Crippen LogP contribution in [0, 0.1) is 35.0 Å². The van der Waals surface area contributed by atoms with Crippen LogP contribution < -0.4 is 5.32 Å². The molecule has 4 rings (SSSR count). The number of hydrogen-bond acceptors (Lipinski definition) is 3. The van der Waals surface area contributed by atoms with Gasteiger partial charge in [-0.05, 0) is 79.7 Å². The van der Waals surface area contributed by atoms with Gasteiger partial charge < -0.3 is 10.4 Å². The number of hydrogen-bond donors (Lipinski definition) is 2. The highest BCUT2D eigenvalue weighted by molar-refractivity contribution is 6.23. The van der Waals surface area contributed by atoms with Crippen molar-refractivity contribution in [2.75, 3.05) is 0 Å². The molecule has 1 heterocycles. The first-order chi connectivity index (χ1) is 17.0. The number of carbonyl (C=O) groups is 2. The lowest BCUT2D eigenvalue weighted by Crippen LogP contribution is -2.48. The van der Waals surface area contributed by atoms with Crippen molar-refractivity contribution in [3.05, 3.63) is 70.5 Å². The maximum Gasteiger partial charge on any atom is 0.259 e. The summed E-state index contributed by atoms with van der Waals surface area (Å²) in [5.74, 6) is 0.933. The Morgan fingerprint density at radius 3 is 2.61 bits per heavy atom. The third-order valence-electron chi connectivity index (χ3n) is 8.71. The molecule has 2 aliphatic carbocycles. The molecule has 1 saturated carbocycles. The smallest absolute Gasteiger partial charge is 0.259 e. The van der Waals surface area contributed by atoms with Gasteiger partial charge in [-0.25, -0.2) is 0 Å². The minimum Gasteiger partial charge on any atom is -0.508 e. The van der Waals surface area contributed by atoms with Crippen LogP contribution >= 0.6 is 0 Å². The molecule has 1 aromatic rings. The Morgan fingerprint density at radius 1 is 1.25 bits per heavy atom. The Morgan fingerprint density at radius 2 is 1.94 bits per heavy atom. The number of carbonyl (C=O) groups excluding carboxylic acids is 2.